The molecule has 0 radical (unpaired) electrons. The normalized spacial score (nSPS) is 13.8. The van der Waals surface area contributed by atoms with Gasteiger partial charge in [-0.3, -0.25) is 4.79 Å². The number of carboxylic acids is 1. The molecule has 1 unspecified atom stereocenters. The van der Waals surface area contributed by atoms with Gasteiger partial charge in [-0.1, -0.05) is 20.8 Å². The van der Waals surface area contributed by atoms with E-state index in [2.05, 4.69) is 15.5 Å². The lowest BCUT2D eigenvalue weighted by Gasteiger charge is -2.26. The van der Waals surface area contributed by atoms with Crippen molar-refractivity contribution in [1.29, 1.82) is 0 Å². The molecule has 2 N–H and O–H groups in total. The van der Waals surface area contributed by atoms with Gasteiger partial charge in [0.2, 0.25) is 0 Å². The van der Waals surface area contributed by atoms with Crippen molar-refractivity contribution >= 4 is 11.8 Å². The fraction of sp³-hybridized carbons (Fsp3) is 0.615. The Morgan fingerprint density at radius 1 is 1.29 bits per heavy atom. The van der Waals surface area contributed by atoms with Crippen LogP contribution in [0.3, 0.4) is 0 Å². The number of carboxylic acid groups (broad SMARTS) is 1. The van der Waals surface area contributed by atoms with Crippen molar-refractivity contribution in [1.82, 2.24) is 10.2 Å². The van der Waals surface area contributed by atoms with Crippen LogP contribution < -0.4 is 5.32 Å². The number of hydrogen-bond donors (Lipinski definition) is 2. The molecule has 0 aromatic carbocycles. The standard InChI is InChI=1S/C13H18F3N3O2/c1-12(2,3)7-8(6-11(20)21)17-10-5-4-9(18-19-10)13(14,15)16/h4-5,8H,6-7H2,1-3H3,(H,17,19)(H,20,21). The Bertz CT molecular complexity index is 481. The third-order valence-electron chi connectivity index (χ3n) is 2.59. The van der Waals surface area contributed by atoms with E-state index in [0.29, 0.717) is 6.42 Å². The highest BCUT2D eigenvalue weighted by molar-refractivity contribution is 5.68. The van der Waals surface area contributed by atoms with Gasteiger partial charge in [0.05, 0.1) is 6.42 Å². The Labute approximate surface area is 120 Å². The van der Waals surface area contributed by atoms with E-state index in [1.54, 1.807) is 0 Å². The van der Waals surface area contributed by atoms with Crippen molar-refractivity contribution in [2.75, 3.05) is 5.32 Å². The number of aliphatic carboxylic acids is 1. The first kappa shape index (κ1) is 17.2. The van der Waals surface area contributed by atoms with E-state index in [1.165, 1.54) is 0 Å². The van der Waals surface area contributed by atoms with Crippen LogP contribution in [0.25, 0.3) is 0 Å². The minimum atomic E-state index is -4.54. The first-order valence-electron chi connectivity index (χ1n) is 6.36. The average Bonchev–Trinajstić information content (AvgIpc) is 2.24. The van der Waals surface area contributed by atoms with Gasteiger partial charge >= 0.3 is 12.1 Å². The fourth-order valence-electron chi connectivity index (χ4n) is 1.89. The number of carbonyl (C=O) groups is 1. The maximum atomic E-state index is 12.4. The molecule has 1 heterocycles. The Balaban J connectivity index is 2.81. The summed E-state index contributed by atoms with van der Waals surface area (Å²) in [6.45, 7) is 5.84. The summed E-state index contributed by atoms with van der Waals surface area (Å²) in [4.78, 5) is 10.8. The minimum absolute atomic E-state index is 0.124. The average molecular weight is 305 g/mol. The summed E-state index contributed by atoms with van der Waals surface area (Å²) in [6.07, 6.45) is -4.17. The lowest BCUT2D eigenvalue weighted by atomic mass is 9.87. The van der Waals surface area contributed by atoms with Gasteiger partial charge in [-0.15, -0.1) is 10.2 Å². The molecule has 1 rings (SSSR count). The molecular weight excluding hydrogens is 287 g/mol. The monoisotopic (exact) mass is 305 g/mol. The lowest BCUT2D eigenvalue weighted by molar-refractivity contribution is -0.141. The topological polar surface area (TPSA) is 75.1 Å². The molecule has 118 valence electrons. The summed E-state index contributed by atoms with van der Waals surface area (Å²) < 4.78 is 37.1. The Kier molecular flexibility index (Phi) is 5.14. The third kappa shape index (κ3) is 6.42. The second kappa shape index (κ2) is 6.28. The van der Waals surface area contributed by atoms with Gasteiger partial charge in [-0.25, -0.2) is 0 Å². The molecule has 0 amide bonds. The largest absolute Gasteiger partial charge is 0.481 e. The smallest absolute Gasteiger partial charge is 0.435 e. The fourth-order valence-corrected chi connectivity index (χ4v) is 1.89. The second-order valence-electron chi connectivity index (χ2n) is 6.01. The quantitative estimate of drug-likeness (QED) is 0.874. The first-order chi connectivity index (χ1) is 9.47. The Morgan fingerprint density at radius 2 is 1.90 bits per heavy atom. The molecule has 1 aromatic heterocycles. The van der Waals surface area contributed by atoms with E-state index in [1.807, 2.05) is 20.8 Å². The van der Waals surface area contributed by atoms with Crippen LogP contribution in [-0.4, -0.2) is 27.3 Å². The number of aromatic nitrogens is 2. The number of halogens is 3. The van der Waals surface area contributed by atoms with Gasteiger partial charge in [0, 0.05) is 6.04 Å². The van der Waals surface area contributed by atoms with Crippen molar-refractivity contribution in [3.8, 4) is 0 Å². The molecule has 0 saturated carbocycles. The van der Waals surface area contributed by atoms with E-state index in [9.17, 15) is 18.0 Å². The number of rotatable bonds is 5. The predicted octanol–water partition coefficient (Wildman–Crippen LogP) is 3.19. The van der Waals surface area contributed by atoms with Crippen LogP contribution in [0, 0.1) is 5.41 Å². The van der Waals surface area contributed by atoms with Crippen LogP contribution in [-0.2, 0) is 11.0 Å². The van der Waals surface area contributed by atoms with Crippen LogP contribution in [0.1, 0.15) is 39.3 Å². The molecule has 0 aliphatic heterocycles. The van der Waals surface area contributed by atoms with Crippen molar-refractivity contribution in [3.63, 3.8) is 0 Å². The molecule has 0 spiro atoms. The molecular formula is C13H18F3N3O2. The number of anilines is 1. The molecule has 0 saturated heterocycles. The molecule has 0 aliphatic carbocycles. The summed E-state index contributed by atoms with van der Waals surface area (Å²) in [5.41, 5.74) is -1.22. The second-order valence-corrected chi connectivity index (χ2v) is 6.01. The van der Waals surface area contributed by atoms with Crippen molar-refractivity contribution < 1.29 is 23.1 Å². The number of nitrogens with zero attached hydrogens (tertiary/aromatic N) is 2. The van der Waals surface area contributed by atoms with Gasteiger partial charge in [-0.05, 0) is 24.0 Å². The molecule has 0 bridgehead atoms. The number of alkyl halides is 3. The van der Waals surface area contributed by atoms with Crippen molar-refractivity contribution in [3.05, 3.63) is 17.8 Å². The maximum Gasteiger partial charge on any atom is 0.435 e. The van der Waals surface area contributed by atoms with Crippen molar-refractivity contribution in [2.45, 2.75) is 45.8 Å². The zero-order chi connectivity index (χ0) is 16.3. The number of nitrogens with one attached hydrogen (secondary N) is 1. The van der Waals surface area contributed by atoms with E-state index in [-0.39, 0.29) is 17.7 Å². The summed E-state index contributed by atoms with van der Waals surface area (Å²) in [5, 5.41) is 18.3. The van der Waals surface area contributed by atoms with Crippen LogP contribution in [0.15, 0.2) is 12.1 Å². The van der Waals surface area contributed by atoms with Crippen LogP contribution in [0.2, 0.25) is 0 Å². The van der Waals surface area contributed by atoms with E-state index in [4.69, 9.17) is 5.11 Å². The first-order valence-corrected chi connectivity index (χ1v) is 6.36. The Hall–Kier alpha value is -1.86. The van der Waals surface area contributed by atoms with E-state index < -0.39 is 23.9 Å². The molecule has 8 heteroatoms. The summed E-state index contributed by atoms with van der Waals surface area (Å²) in [7, 11) is 0. The number of hydrogen-bond acceptors (Lipinski definition) is 4. The predicted molar refractivity (Wildman–Crippen MR) is 70.8 cm³/mol. The van der Waals surface area contributed by atoms with Gasteiger partial charge in [-0.2, -0.15) is 13.2 Å². The molecule has 1 aromatic rings. The highest BCUT2D eigenvalue weighted by Crippen LogP contribution is 2.28. The Morgan fingerprint density at radius 3 is 2.29 bits per heavy atom. The summed E-state index contributed by atoms with van der Waals surface area (Å²) >= 11 is 0. The van der Waals surface area contributed by atoms with Crippen LogP contribution >= 0.6 is 0 Å². The molecule has 0 aliphatic rings. The van der Waals surface area contributed by atoms with E-state index >= 15 is 0 Å². The third-order valence-corrected chi connectivity index (χ3v) is 2.59. The zero-order valence-corrected chi connectivity index (χ0v) is 12.0. The highest BCUT2D eigenvalue weighted by atomic mass is 19.4. The molecule has 5 nitrogen and oxygen atoms in total. The van der Waals surface area contributed by atoms with Gasteiger partial charge in [0.1, 0.15) is 5.82 Å². The van der Waals surface area contributed by atoms with Crippen LogP contribution in [0.4, 0.5) is 19.0 Å². The van der Waals surface area contributed by atoms with Gasteiger partial charge < -0.3 is 10.4 Å². The van der Waals surface area contributed by atoms with Gasteiger partial charge in [0.15, 0.2) is 5.69 Å². The molecule has 0 fully saturated rings. The zero-order valence-electron chi connectivity index (χ0n) is 12.0. The van der Waals surface area contributed by atoms with E-state index in [0.717, 1.165) is 12.1 Å². The van der Waals surface area contributed by atoms with Crippen LogP contribution in [0.5, 0.6) is 0 Å². The molecule has 21 heavy (non-hydrogen) atoms. The van der Waals surface area contributed by atoms with Crippen molar-refractivity contribution in [2.24, 2.45) is 5.41 Å². The summed E-state index contributed by atoms with van der Waals surface area (Å²) in [6, 6.07) is 1.52. The lowest BCUT2D eigenvalue weighted by Crippen LogP contribution is -2.29. The maximum absolute atomic E-state index is 12.4. The van der Waals surface area contributed by atoms with Gasteiger partial charge in [0.25, 0.3) is 0 Å². The SMILES string of the molecule is CC(C)(C)CC(CC(=O)O)Nc1ccc(C(F)(F)F)nn1. The molecule has 1 atom stereocenters. The minimum Gasteiger partial charge on any atom is -0.481 e. The highest BCUT2D eigenvalue weighted by Gasteiger charge is 2.33. The summed E-state index contributed by atoms with van der Waals surface area (Å²) in [5.74, 6) is -0.866.